The largest absolute Gasteiger partial charge is 0.455 e. The molecule has 0 unspecified atom stereocenters. The molecular weight excluding hydrogens is 751 g/mol. The molecule has 1 heterocycles. The van der Waals surface area contributed by atoms with E-state index in [0.29, 0.717) is 0 Å². The van der Waals surface area contributed by atoms with Gasteiger partial charge in [-0.3, -0.25) is 0 Å². The van der Waals surface area contributed by atoms with Gasteiger partial charge in [0.15, 0.2) is 0 Å². The van der Waals surface area contributed by atoms with Gasteiger partial charge in [-0.25, -0.2) is 0 Å². The van der Waals surface area contributed by atoms with Crippen molar-refractivity contribution in [1.29, 1.82) is 0 Å². The van der Waals surface area contributed by atoms with Crippen LogP contribution in [0.2, 0.25) is 0 Å². The molecule has 0 atom stereocenters. The lowest BCUT2D eigenvalue weighted by molar-refractivity contribution is 0.672. The summed E-state index contributed by atoms with van der Waals surface area (Å²) in [5.41, 5.74) is 14.6. The molecule has 0 saturated carbocycles. The number of benzene rings is 11. The van der Waals surface area contributed by atoms with Gasteiger partial charge in [0.25, 0.3) is 0 Å². The van der Waals surface area contributed by atoms with Crippen molar-refractivity contribution in [3.8, 4) is 44.5 Å². The molecule has 0 aliphatic heterocycles. The SMILES string of the molecule is c1ccc(N(c2ccc(-c3ccc(-c4cccc5ccccc45)cc3)cc2)c2ccc(-c3cccc4ccccc34)cc2)c(-c2ccc3c(ccc4c5ccccc5oc34)c2)c1. The minimum atomic E-state index is 0.912. The number of para-hydroxylation sites is 2. The predicted octanol–water partition coefficient (Wildman–Crippen LogP) is 17.2. The fourth-order valence-electron chi connectivity index (χ4n) is 9.41. The Bertz CT molecular complexity index is 3610. The van der Waals surface area contributed by atoms with Gasteiger partial charge in [-0.1, -0.05) is 182 Å². The molecule has 1 aromatic heterocycles. The highest BCUT2D eigenvalue weighted by Crippen LogP contribution is 2.44. The highest BCUT2D eigenvalue weighted by molar-refractivity contribution is 6.15. The number of nitrogens with zero attached hydrogens (tertiary/aromatic N) is 1. The van der Waals surface area contributed by atoms with Gasteiger partial charge in [0.2, 0.25) is 0 Å². The van der Waals surface area contributed by atoms with E-state index < -0.39 is 0 Å². The molecule has 0 fully saturated rings. The Balaban J connectivity index is 0.949. The van der Waals surface area contributed by atoms with E-state index in [9.17, 15) is 0 Å². The van der Waals surface area contributed by atoms with E-state index in [1.807, 2.05) is 12.1 Å². The number of fused-ring (bicyclic) bond motifs is 7. The summed E-state index contributed by atoms with van der Waals surface area (Å²) in [6.45, 7) is 0. The van der Waals surface area contributed by atoms with E-state index in [-0.39, 0.29) is 0 Å². The molecule has 2 nitrogen and oxygen atoms in total. The Morgan fingerprint density at radius 2 is 0.742 bits per heavy atom. The van der Waals surface area contributed by atoms with E-state index in [2.05, 4.69) is 229 Å². The Kier molecular flexibility index (Phi) is 8.53. The lowest BCUT2D eigenvalue weighted by Crippen LogP contribution is -2.11. The second-order valence-electron chi connectivity index (χ2n) is 16.1. The van der Waals surface area contributed by atoms with Gasteiger partial charge in [-0.2, -0.15) is 0 Å². The first-order chi connectivity index (χ1) is 30.7. The Morgan fingerprint density at radius 1 is 0.274 bits per heavy atom. The maximum Gasteiger partial charge on any atom is 0.143 e. The molecule has 62 heavy (non-hydrogen) atoms. The van der Waals surface area contributed by atoms with Crippen LogP contribution in [0.1, 0.15) is 0 Å². The second kappa shape index (κ2) is 14.8. The molecule has 0 amide bonds. The lowest BCUT2D eigenvalue weighted by atomic mass is 9.96. The Labute approximate surface area is 360 Å². The fourth-order valence-corrected chi connectivity index (χ4v) is 9.41. The van der Waals surface area contributed by atoms with E-state index >= 15 is 0 Å². The van der Waals surface area contributed by atoms with Crippen LogP contribution in [0, 0.1) is 0 Å². The molecule has 0 bridgehead atoms. The monoisotopic (exact) mass is 789 g/mol. The maximum atomic E-state index is 6.43. The summed E-state index contributed by atoms with van der Waals surface area (Å²) >= 11 is 0. The predicted molar refractivity (Wildman–Crippen MR) is 263 cm³/mol. The normalized spacial score (nSPS) is 11.5. The first-order valence-corrected chi connectivity index (χ1v) is 21.2. The molecule has 12 rings (SSSR count). The van der Waals surface area contributed by atoms with Crippen molar-refractivity contribution in [1.82, 2.24) is 0 Å². The van der Waals surface area contributed by atoms with Gasteiger partial charge in [0, 0.05) is 33.1 Å². The van der Waals surface area contributed by atoms with Crippen molar-refractivity contribution in [3.63, 3.8) is 0 Å². The lowest BCUT2D eigenvalue weighted by Gasteiger charge is -2.28. The minimum Gasteiger partial charge on any atom is -0.455 e. The van der Waals surface area contributed by atoms with Gasteiger partial charge < -0.3 is 9.32 Å². The van der Waals surface area contributed by atoms with Crippen LogP contribution in [0.4, 0.5) is 17.1 Å². The molecule has 0 spiro atoms. The zero-order valence-corrected chi connectivity index (χ0v) is 33.9. The van der Waals surface area contributed by atoms with Crippen LogP contribution in [0.15, 0.2) is 241 Å². The summed E-state index contributed by atoms with van der Waals surface area (Å²) in [6, 6.07) is 85.5. The molecule has 11 aromatic carbocycles. The van der Waals surface area contributed by atoms with Gasteiger partial charge in [0.05, 0.1) is 5.69 Å². The van der Waals surface area contributed by atoms with Crippen LogP contribution in [0.5, 0.6) is 0 Å². The molecule has 290 valence electrons. The molecule has 0 radical (unpaired) electrons. The third-order valence-corrected chi connectivity index (χ3v) is 12.5. The standard InChI is InChI=1S/C60H39NO/c1-3-15-50-42(11-1)13-9-19-52(50)44-25-23-40(24-26-44)41-27-33-48(34-28-41)61(49-35-29-45(30-36-49)53-20-10-14-43-12-2-4-16-51(43)53)58-21-7-5-17-54(58)46-31-37-55-47(39-46)32-38-57-56-18-6-8-22-59(56)62-60(55)57/h1-39H. The first-order valence-electron chi connectivity index (χ1n) is 21.2. The number of furan rings is 1. The molecule has 2 heteroatoms. The fraction of sp³-hybridized carbons (Fsp3) is 0. The summed E-state index contributed by atoms with van der Waals surface area (Å²) in [5, 5.41) is 9.56. The zero-order valence-electron chi connectivity index (χ0n) is 33.9. The van der Waals surface area contributed by atoms with Gasteiger partial charge in [-0.05, 0) is 120 Å². The molecular formula is C60H39NO. The Hall–Kier alpha value is -8.20. The summed E-state index contributed by atoms with van der Waals surface area (Å²) in [6.07, 6.45) is 0. The van der Waals surface area contributed by atoms with E-state index in [1.54, 1.807) is 0 Å². The van der Waals surface area contributed by atoms with Gasteiger partial charge >= 0.3 is 0 Å². The average Bonchev–Trinajstić information content (AvgIpc) is 3.74. The zero-order chi connectivity index (χ0) is 41.0. The highest BCUT2D eigenvalue weighted by atomic mass is 16.3. The van der Waals surface area contributed by atoms with Crippen LogP contribution in [-0.4, -0.2) is 0 Å². The van der Waals surface area contributed by atoms with Crippen molar-refractivity contribution in [3.05, 3.63) is 237 Å². The first kappa shape index (κ1) is 35.7. The number of rotatable bonds is 7. The van der Waals surface area contributed by atoms with Crippen LogP contribution < -0.4 is 4.90 Å². The molecule has 12 aromatic rings. The number of anilines is 3. The smallest absolute Gasteiger partial charge is 0.143 e. The quantitative estimate of drug-likeness (QED) is 0.160. The molecule has 0 aliphatic carbocycles. The van der Waals surface area contributed by atoms with Crippen LogP contribution in [0.3, 0.4) is 0 Å². The third-order valence-electron chi connectivity index (χ3n) is 12.5. The minimum absolute atomic E-state index is 0.912. The summed E-state index contributed by atoms with van der Waals surface area (Å²) in [5.74, 6) is 0. The summed E-state index contributed by atoms with van der Waals surface area (Å²) in [7, 11) is 0. The molecule has 0 saturated heterocycles. The topological polar surface area (TPSA) is 16.4 Å². The number of hydrogen-bond donors (Lipinski definition) is 0. The van der Waals surface area contributed by atoms with Crippen LogP contribution in [-0.2, 0) is 0 Å². The summed E-state index contributed by atoms with van der Waals surface area (Å²) < 4.78 is 6.43. The Morgan fingerprint density at radius 3 is 1.40 bits per heavy atom. The van der Waals surface area contributed by atoms with Crippen molar-refractivity contribution in [2.75, 3.05) is 4.90 Å². The van der Waals surface area contributed by atoms with Gasteiger partial charge in [0.1, 0.15) is 11.2 Å². The summed E-state index contributed by atoms with van der Waals surface area (Å²) in [4.78, 5) is 2.39. The maximum absolute atomic E-state index is 6.43. The van der Waals surface area contributed by atoms with Crippen LogP contribution >= 0.6 is 0 Å². The van der Waals surface area contributed by atoms with E-state index in [0.717, 1.165) is 60.9 Å². The average molecular weight is 790 g/mol. The van der Waals surface area contributed by atoms with Gasteiger partial charge in [-0.15, -0.1) is 0 Å². The molecule has 0 N–H and O–H groups in total. The van der Waals surface area contributed by atoms with E-state index in [1.165, 1.54) is 54.9 Å². The highest BCUT2D eigenvalue weighted by Gasteiger charge is 2.19. The second-order valence-corrected chi connectivity index (χ2v) is 16.1. The van der Waals surface area contributed by atoms with Crippen molar-refractivity contribution >= 4 is 71.3 Å². The van der Waals surface area contributed by atoms with E-state index in [4.69, 9.17) is 4.42 Å². The molecule has 0 aliphatic rings. The van der Waals surface area contributed by atoms with Crippen molar-refractivity contribution in [2.24, 2.45) is 0 Å². The van der Waals surface area contributed by atoms with Crippen LogP contribution in [0.25, 0.3) is 98.8 Å². The van der Waals surface area contributed by atoms with Crippen molar-refractivity contribution in [2.45, 2.75) is 0 Å². The van der Waals surface area contributed by atoms with Crippen molar-refractivity contribution < 1.29 is 4.42 Å². The third kappa shape index (κ3) is 6.12. The number of hydrogen-bond acceptors (Lipinski definition) is 2.